The summed E-state index contributed by atoms with van der Waals surface area (Å²) in [6.45, 7) is 3.04. The predicted octanol–water partition coefficient (Wildman–Crippen LogP) is 2.91. The number of piperazine rings is 1. The molecule has 0 bridgehead atoms. The highest BCUT2D eigenvalue weighted by molar-refractivity contribution is 6.07. The number of aromatic nitrogens is 2. The number of rotatable bonds is 3. The standard InChI is InChI=1S/C20H19F2N5O/c1-26-8-10-27(11-9-26)19-18(23-15-4-2-3-5-16(15)24-19)20(28)25-17-12-13(21)6-7-14(17)22/h2-7,12H,8-11H2,1H3,(H,25,28). The van der Waals surface area contributed by atoms with E-state index >= 15 is 0 Å². The van der Waals surface area contributed by atoms with Gasteiger partial charge in [0.2, 0.25) is 0 Å². The highest BCUT2D eigenvalue weighted by Gasteiger charge is 2.24. The van der Waals surface area contributed by atoms with Gasteiger partial charge < -0.3 is 15.1 Å². The molecule has 4 rings (SSSR count). The van der Waals surface area contributed by atoms with Gasteiger partial charge in [-0.25, -0.2) is 18.7 Å². The molecule has 28 heavy (non-hydrogen) atoms. The number of anilines is 2. The fourth-order valence-corrected chi connectivity index (χ4v) is 3.16. The van der Waals surface area contributed by atoms with E-state index in [0.717, 1.165) is 31.3 Å². The predicted molar refractivity (Wildman–Crippen MR) is 104 cm³/mol. The number of para-hydroxylation sites is 2. The van der Waals surface area contributed by atoms with E-state index < -0.39 is 17.5 Å². The van der Waals surface area contributed by atoms with Crippen molar-refractivity contribution in [1.82, 2.24) is 14.9 Å². The monoisotopic (exact) mass is 383 g/mol. The van der Waals surface area contributed by atoms with Gasteiger partial charge in [-0.3, -0.25) is 4.79 Å². The zero-order valence-electron chi connectivity index (χ0n) is 15.3. The van der Waals surface area contributed by atoms with Crippen molar-refractivity contribution >= 4 is 28.4 Å². The number of likely N-dealkylation sites (N-methyl/N-ethyl adjacent to an activating group) is 1. The molecule has 0 spiro atoms. The highest BCUT2D eigenvalue weighted by Crippen LogP contribution is 2.24. The van der Waals surface area contributed by atoms with Crippen LogP contribution in [0.5, 0.6) is 0 Å². The Morgan fingerprint density at radius 3 is 2.39 bits per heavy atom. The first-order chi connectivity index (χ1) is 13.5. The number of fused-ring (bicyclic) bond motifs is 1. The lowest BCUT2D eigenvalue weighted by Crippen LogP contribution is -2.45. The molecule has 0 unspecified atom stereocenters. The number of amides is 1. The van der Waals surface area contributed by atoms with Crippen LogP contribution in [0, 0.1) is 11.6 Å². The van der Waals surface area contributed by atoms with E-state index in [2.05, 4.69) is 20.2 Å². The van der Waals surface area contributed by atoms with Gasteiger partial charge in [0.15, 0.2) is 11.5 Å². The van der Waals surface area contributed by atoms with E-state index in [1.54, 1.807) is 12.1 Å². The molecular weight excluding hydrogens is 364 g/mol. The second-order valence-electron chi connectivity index (χ2n) is 6.75. The number of halogens is 2. The number of nitrogens with zero attached hydrogens (tertiary/aromatic N) is 4. The first kappa shape index (κ1) is 18.2. The molecular formula is C20H19F2N5O. The third-order valence-corrected chi connectivity index (χ3v) is 4.75. The lowest BCUT2D eigenvalue weighted by Gasteiger charge is -2.33. The number of carbonyl (C=O) groups excluding carboxylic acids is 1. The fourth-order valence-electron chi connectivity index (χ4n) is 3.16. The van der Waals surface area contributed by atoms with Gasteiger partial charge in [-0.05, 0) is 31.3 Å². The summed E-state index contributed by atoms with van der Waals surface area (Å²) in [4.78, 5) is 26.2. The second-order valence-corrected chi connectivity index (χ2v) is 6.75. The van der Waals surface area contributed by atoms with Gasteiger partial charge in [0.05, 0.1) is 16.7 Å². The third kappa shape index (κ3) is 3.63. The topological polar surface area (TPSA) is 61.4 Å². The molecule has 1 aliphatic rings. The van der Waals surface area contributed by atoms with Crippen molar-refractivity contribution in [3.8, 4) is 0 Å². The molecule has 1 amide bonds. The van der Waals surface area contributed by atoms with Crippen LogP contribution in [0.4, 0.5) is 20.3 Å². The summed E-state index contributed by atoms with van der Waals surface area (Å²) in [6, 6.07) is 10.2. The molecule has 2 aromatic carbocycles. The first-order valence-corrected chi connectivity index (χ1v) is 8.98. The number of hydrogen-bond acceptors (Lipinski definition) is 5. The summed E-state index contributed by atoms with van der Waals surface area (Å²) in [5, 5.41) is 2.43. The second kappa shape index (κ2) is 7.47. The largest absolute Gasteiger partial charge is 0.352 e. The summed E-state index contributed by atoms with van der Waals surface area (Å²) >= 11 is 0. The normalized spacial score (nSPS) is 15.0. The Balaban J connectivity index is 1.74. The number of nitrogens with one attached hydrogen (secondary N) is 1. The quantitative estimate of drug-likeness (QED) is 0.754. The van der Waals surface area contributed by atoms with Crippen LogP contribution in [-0.4, -0.2) is 54.0 Å². The summed E-state index contributed by atoms with van der Waals surface area (Å²) < 4.78 is 27.4. The SMILES string of the molecule is CN1CCN(c2nc3ccccc3nc2C(=O)Nc2cc(F)ccc2F)CC1. The molecule has 1 N–H and O–H groups in total. The van der Waals surface area contributed by atoms with Crippen LogP contribution in [0.3, 0.4) is 0 Å². The number of benzene rings is 2. The smallest absolute Gasteiger partial charge is 0.278 e. The van der Waals surface area contributed by atoms with Gasteiger partial charge in [-0.15, -0.1) is 0 Å². The van der Waals surface area contributed by atoms with Gasteiger partial charge in [0.1, 0.15) is 11.6 Å². The zero-order chi connectivity index (χ0) is 19.7. The van der Waals surface area contributed by atoms with Crippen molar-refractivity contribution < 1.29 is 13.6 Å². The van der Waals surface area contributed by atoms with Gasteiger partial charge in [-0.2, -0.15) is 0 Å². The molecule has 0 saturated carbocycles. The van der Waals surface area contributed by atoms with Gasteiger partial charge >= 0.3 is 0 Å². The summed E-state index contributed by atoms with van der Waals surface area (Å²) in [6.07, 6.45) is 0. The van der Waals surface area contributed by atoms with Gasteiger partial charge in [-0.1, -0.05) is 12.1 Å². The Bertz CT molecular complexity index is 1030. The molecule has 144 valence electrons. The minimum atomic E-state index is -0.718. The Labute approximate surface area is 160 Å². The van der Waals surface area contributed by atoms with Crippen molar-refractivity contribution in [3.05, 3.63) is 59.8 Å². The van der Waals surface area contributed by atoms with E-state index in [1.807, 2.05) is 24.1 Å². The lowest BCUT2D eigenvalue weighted by molar-refractivity contribution is 0.102. The average molecular weight is 383 g/mol. The maximum Gasteiger partial charge on any atom is 0.278 e. The van der Waals surface area contributed by atoms with Crippen LogP contribution in [0.25, 0.3) is 11.0 Å². The molecule has 8 heteroatoms. The van der Waals surface area contributed by atoms with Crippen LogP contribution in [-0.2, 0) is 0 Å². The van der Waals surface area contributed by atoms with Crippen molar-refractivity contribution in [2.75, 3.05) is 43.4 Å². The van der Waals surface area contributed by atoms with Gasteiger partial charge in [0, 0.05) is 32.2 Å². The van der Waals surface area contributed by atoms with E-state index in [4.69, 9.17) is 0 Å². The fraction of sp³-hybridized carbons (Fsp3) is 0.250. The van der Waals surface area contributed by atoms with Crippen LogP contribution >= 0.6 is 0 Å². The molecule has 2 heterocycles. The third-order valence-electron chi connectivity index (χ3n) is 4.75. The van der Waals surface area contributed by atoms with Crippen molar-refractivity contribution in [3.63, 3.8) is 0 Å². The average Bonchev–Trinajstić information content (AvgIpc) is 2.70. The van der Waals surface area contributed by atoms with Crippen LogP contribution in [0.15, 0.2) is 42.5 Å². The van der Waals surface area contributed by atoms with Crippen LogP contribution < -0.4 is 10.2 Å². The molecule has 1 aromatic heterocycles. The Morgan fingerprint density at radius 1 is 1.00 bits per heavy atom. The molecule has 0 radical (unpaired) electrons. The molecule has 1 fully saturated rings. The Hall–Kier alpha value is -3.13. The minimum absolute atomic E-state index is 0.0897. The highest BCUT2D eigenvalue weighted by atomic mass is 19.1. The molecule has 3 aromatic rings. The first-order valence-electron chi connectivity index (χ1n) is 8.98. The summed E-state index contributed by atoms with van der Waals surface area (Å²) in [5.74, 6) is -1.54. The Kier molecular flexibility index (Phi) is 4.87. The van der Waals surface area contributed by atoms with E-state index in [0.29, 0.717) is 29.9 Å². The zero-order valence-corrected chi connectivity index (χ0v) is 15.3. The lowest BCUT2D eigenvalue weighted by atomic mass is 10.2. The molecule has 1 saturated heterocycles. The van der Waals surface area contributed by atoms with E-state index in [9.17, 15) is 13.6 Å². The van der Waals surface area contributed by atoms with E-state index in [1.165, 1.54) is 0 Å². The number of carbonyl (C=O) groups is 1. The number of hydrogen-bond donors (Lipinski definition) is 1. The molecule has 6 nitrogen and oxygen atoms in total. The minimum Gasteiger partial charge on any atom is -0.352 e. The van der Waals surface area contributed by atoms with Crippen molar-refractivity contribution in [1.29, 1.82) is 0 Å². The maximum absolute atomic E-state index is 14.0. The van der Waals surface area contributed by atoms with Crippen LogP contribution in [0.2, 0.25) is 0 Å². The summed E-state index contributed by atoms with van der Waals surface area (Å²) in [7, 11) is 2.03. The van der Waals surface area contributed by atoms with Crippen molar-refractivity contribution in [2.45, 2.75) is 0 Å². The summed E-state index contributed by atoms with van der Waals surface area (Å²) in [5.41, 5.74) is 1.09. The molecule has 0 aliphatic carbocycles. The maximum atomic E-state index is 14.0. The van der Waals surface area contributed by atoms with Crippen molar-refractivity contribution in [2.24, 2.45) is 0 Å². The van der Waals surface area contributed by atoms with Crippen LogP contribution in [0.1, 0.15) is 10.5 Å². The molecule has 0 atom stereocenters. The van der Waals surface area contributed by atoms with Gasteiger partial charge in [0.25, 0.3) is 5.91 Å². The van der Waals surface area contributed by atoms with E-state index in [-0.39, 0.29) is 11.4 Å². The molecule has 1 aliphatic heterocycles. The Morgan fingerprint density at radius 2 is 1.68 bits per heavy atom.